The van der Waals surface area contributed by atoms with Gasteiger partial charge in [0.2, 0.25) is 0 Å². The zero-order valence-corrected chi connectivity index (χ0v) is 8.66. The molecule has 0 radical (unpaired) electrons. The maximum atomic E-state index is 5.50. The third-order valence-corrected chi connectivity index (χ3v) is 2.98. The molecule has 0 aliphatic rings. The van der Waals surface area contributed by atoms with Crippen LogP contribution < -0.4 is 5.73 Å². The van der Waals surface area contributed by atoms with E-state index < -0.39 is 0 Å². The van der Waals surface area contributed by atoms with Gasteiger partial charge in [-0.3, -0.25) is 0 Å². The molecule has 14 heavy (non-hydrogen) atoms. The zero-order chi connectivity index (χ0) is 9.97. The molecule has 2 rings (SSSR count). The topological polar surface area (TPSA) is 69.6 Å². The molecule has 0 saturated carbocycles. The second-order valence-electron chi connectivity index (χ2n) is 3.04. The van der Waals surface area contributed by atoms with Gasteiger partial charge in [0.15, 0.2) is 5.82 Å². The molecule has 0 fully saturated rings. The van der Waals surface area contributed by atoms with Crippen LogP contribution in [0.3, 0.4) is 0 Å². The van der Waals surface area contributed by atoms with Crippen molar-refractivity contribution in [3.63, 3.8) is 0 Å². The lowest BCUT2D eigenvalue weighted by atomic mass is 10.2. The van der Waals surface area contributed by atoms with Crippen LogP contribution in [-0.4, -0.2) is 20.2 Å². The van der Waals surface area contributed by atoms with Gasteiger partial charge in [0.05, 0.1) is 13.1 Å². The lowest BCUT2D eigenvalue weighted by Gasteiger charge is -2.01. The van der Waals surface area contributed by atoms with E-state index in [1.807, 2.05) is 0 Å². The van der Waals surface area contributed by atoms with Crippen LogP contribution in [0.15, 0.2) is 10.8 Å². The molecule has 0 atom stereocenters. The predicted octanol–water partition coefficient (Wildman–Crippen LogP) is 0.550. The molecular formula is C8H11N5S. The molecule has 2 N–H and O–H groups in total. The quantitative estimate of drug-likeness (QED) is 0.801. The normalized spacial score (nSPS) is 10.7. The highest BCUT2D eigenvalue weighted by Gasteiger charge is 2.06. The first-order valence-electron chi connectivity index (χ1n) is 4.28. The number of nitrogens with zero attached hydrogens (tertiary/aromatic N) is 4. The van der Waals surface area contributed by atoms with Gasteiger partial charge in [-0.15, -0.1) is 5.10 Å². The first-order chi connectivity index (χ1) is 6.81. The van der Waals surface area contributed by atoms with Crippen LogP contribution in [0.1, 0.15) is 17.0 Å². The van der Waals surface area contributed by atoms with E-state index in [1.54, 1.807) is 16.0 Å². The zero-order valence-electron chi connectivity index (χ0n) is 7.84. The van der Waals surface area contributed by atoms with Crippen molar-refractivity contribution >= 4 is 11.3 Å². The molecule has 0 spiro atoms. The lowest BCUT2D eigenvalue weighted by molar-refractivity contribution is 0.618. The van der Waals surface area contributed by atoms with E-state index >= 15 is 0 Å². The molecule has 2 heterocycles. The first kappa shape index (κ1) is 9.29. The molecule has 0 amide bonds. The molecule has 2 aromatic rings. The van der Waals surface area contributed by atoms with Gasteiger partial charge < -0.3 is 5.73 Å². The summed E-state index contributed by atoms with van der Waals surface area (Å²) >= 11 is 1.69. The molecule has 0 aliphatic heterocycles. The molecule has 5 nitrogen and oxygen atoms in total. The second kappa shape index (κ2) is 3.85. The van der Waals surface area contributed by atoms with Gasteiger partial charge in [-0.1, -0.05) is 0 Å². The molecule has 0 bridgehead atoms. The molecule has 2 aromatic heterocycles. The predicted molar refractivity (Wildman–Crippen MR) is 53.9 cm³/mol. The summed E-state index contributed by atoms with van der Waals surface area (Å²) in [5, 5.41) is 15.5. The van der Waals surface area contributed by atoms with Crippen molar-refractivity contribution in [1.82, 2.24) is 20.2 Å². The molecule has 74 valence electrons. The van der Waals surface area contributed by atoms with Gasteiger partial charge >= 0.3 is 0 Å². The summed E-state index contributed by atoms with van der Waals surface area (Å²) in [5.74, 6) is 0.718. The second-order valence-corrected chi connectivity index (χ2v) is 3.78. The Morgan fingerprint density at radius 3 is 3.00 bits per heavy atom. The number of hydrogen-bond acceptors (Lipinski definition) is 5. The van der Waals surface area contributed by atoms with Gasteiger partial charge in [-0.05, 0) is 39.2 Å². The van der Waals surface area contributed by atoms with E-state index in [2.05, 4.69) is 33.2 Å². The highest BCUT2D eigenvalue weighted by Crippen LogP contribution is 2.14. The van der Waals surface area contributed by atoms with E-state index in [0.29, 0.717) is 13.1 Å². The van der Waals surface area contributed by atoms with Crippen LogP contribution in [0.2, 0.25) is 0 Å². The Balaban J connectivity index is 2.22. The Hall–Kier alpha value is -1.27. The van der Waals surface area contributed by atoms with Gasteiger partial charge in [0, 0.05) is 0 Å². The monoisotopic (exact) mass is 209 g/mol. The molecule has 0 aromatic carbocycles. The lowest BCUT2D eigenvalue weighted by Crippen LogP contribution is -2.10. The van der Waals surface area contributed by atoms with Crippen LogP contribution in [0, 0.1) is 6.92 Å². The smallest absolute Gasteiger partial charge is 0.165 e. The minimum atomic E-state index is 0.371. The number of hydrogen-bond donors (Lipinski definition) is 1. The summed E-state index contributed by atoms with van der Waals surface area (Å²) in [7, 11) is 0. The van der Waals surface area contributed by atoms with Crippen molar-refractivity contribution in [3.05, 3.63) is 27.7 Å². The Morgan fingerprint density at radius 1 is 1.50 bits per heavy atom. The van der Waals surface area contributed by atoms with Crippen LogP contribution in [0.25, 0.3) is 0 Å². The average molecular weight is 209 g/mol. The SMILES string of the molecule is Cc1cscc1Cn1nnnc1CN. The fourth-order valence-electron chi connectivity index (χ4n) is 1.20. The van der Waals surface area contributed by atoms with Crippen molar-refractivity contribution in [2.75, 3.05) is 0 Å². The summed E-state index contributed by atoms with van der Waals surface area (Å²) in [5.41, 5.74) is 8.02. The Kier molecular flexibility index (Phi) is 2.55. The van der Waals surface area contributed by atoms with E-state index in [0.717, 1.165) is 5.82 Å². The minimum Gasteiger partial charge on any atom is -0.324 e. The van der Waals surface area contributed by atoms with Gasteiger partial charge in [-0.25, -0.2) is 4.68 Å². The summed E-state index contributed by atoms with van der Waals surface area (Å²) in [6.45, 7) is 3.16. The van der Waals surface area contributed by atoms with Crippen LogP contribution in [0.5, 0.6) is 0 Å². The summed E-state index contributed by atoms with van der Waals surface area (Å²) in [6.07, 6.45) is 0. The Labute approximate surface area is 85.5 Å². The molecule has 0 unspecified atom stereocenters. The Bertz CT molecular complexity index is 419. The average Bonchev–Trinajstić information content (AvgIpc) is 2.77. The number of tetrazole rings is 1. The molecular weight excluding hydrogens is 198 g/mol. The summed E-state index contributed by atoms with van der Waals surface area (Å²) in [6, 6.07) is 0. The first-order valence-corrected chi connectivity index (χ1v) is 5.22. The van der Waals surface area contributed by atoms with E-state index in [9.17, 15) is 0 Å². The number of nitrogens with two attached hydrogens (primary N) is 1. The fraction of sp³-hybridized carbons (Fsp3) is 0.375. The number of aromatic nitrogens is 4. The van der Waals surface area contributed by atoms with Crippen molar-refractivity contribution < 1.29 is 0 Å². The van der Waals surface area contributed by atoms with Gasteiger partial charge in [0.25, 0.3) is 0 Å². The Morgan fingerprint density at radius 2 is 2.36 bits per heavy atom. The third kappa shape index (κ3) is 1.66. The number of thiophene rings is 1. The molecule has 6 heteroatoms. The molecule has 0 aliphatic carbocycles. The standard InChI is InChI=1S/C8H11N5S/c1-6-4-14-5-7(6)3-13-8(2-9)10-11-12-13/h4-5H,2-3,9H2,1H3. The number of rotatable bonds is 3. The molecule has 0 saturated heterocycles. The highest BCUT2D eigenvalue weighted by molar-refractivity contribution is 7.08. The van der Waals surface area contributed by atoms with E-state index in [-0.39, 0.29) is 0 Å². The summed E-state index contributed by atoms with van der Waals surface area (Å²) < 4.78 is 1.73. The van der Waals surface area contributed by atoms with Crippen molar-refractivity contribution in [3.8, 4) is 0 Å². The maximum Gasteiger partial charge on any atom is 0.165 e. The van der Waals surface area contributed by atoms with E-state index in [4.69, 9.17) is 5.73 Å². The van der Waals surface area contributed by atoms with Gasteiger partial charge in [0.1, 0.15) is 0 Å². The van der Waals surface area contributed by atoms with E-state index in [1.165, 1.54) is 11.1 Å². The van der Waals surface area contributed by atoms with Crippen molar-refractivity contribution in [1.29, 1.82) is 0 Å². The maximum absolute atomic E-state index is 5.50. The van der Waals surface area contributed by atoms with Crippen LogP contribution in [0.4, 0.5) is 0 Å². The van der Waals surface area contributed by atoms with Crippen molar-refractivity contribution in [2.24, 2.45) is 5.73 Å². The largest absolute Gasteiger partial charge is 0.324 e. The van der Waals surface area contributed by atoms with Crippen LogP contribution >= 0.6 is 11.3 Å². The minimum absolute atomic E-state index is 0.371. The number of aryl methyl sites for hydroxylation is 1. The van der Waals surface area contributed by atoms with Gasteiger partial charge in [-0.2, -0.15) is 11.3 Å². The fourth-order valence-corrected chi connectivity index (χ4v) is 2.05. The third-order valence-electron chi connectivity index (χ3n) is 2.07. The van der Waals surface area contributed by atoms with Crippen molar-refractivity contribution in [2.45, 2.75) is 20.0 Å². The highest BCUT2D eigenvalue weighted by atomic mass is 32.1. The van der Waals surface area contributed by atoms with Crippen LogP contribution in [-0.2, 0) is 13.1 Å². The summed E-state index contributed by atoms with van der Waals surface area (Å²) in [4.78, 5) is 0.